The highest BCUT2D eigenvalue weighted by Crippen LogP contribution is 2.15. The van der Waals surface area contributed by atoms with E-state index in [0.29, 0.717) is 18.2 Å². The molecule has 2 rings (SSSR count). The summed E-state index contributed by atoms with van der Waals surface area (Å²) in [5.74, 6) is 1.24. The first-order valence-electron chi connectivity index (χ1n) is 4.19. The fourth-order valence-electron chi connectivity index (χ4n) is 1.12. The zero-order valence-corrected chi connectivity index (χ0v) is 7.73. The fourth-order valence-corrected chi connectivity index (χ4v) is 1.12. The highest BCUT2D eigenvalue weighted by atomic mass is 15.2. The maximum Gasteiger partial charge on any atom is 0.184 e. The van der Waals surface area contributed by atoms with Gasteiger partial charge in [0, 0.05) is 6.20 Å². The third-order valence-electron chi connectivity index (χ3n) is 1.88. The molecule has 2 aromatic heterocycles. The zero-order chi connectivity index (χ0) is 9.97. The van der Waals surface area contributed by atoms with E-state index < -0.39 is 0 Å². The summed E-state index contributed by atoms with van der Waals surface area (Å²) in [5.41, 5.74) is 7.09. The van der Waals surface area contributed by atoms with Gasteiger partial charge in [0.1, 0.15) is 12.2 Å². The predicted octanol–water partition coefficient (Wildman–Crippen LogP) is 0.0288. The standard InChI is InChI=1S/C8H10N6/c1-5-6(3-10-4-11-5)8-12-7(2-9)13-14-8/h3-4H,2,9H2,1H3,(H,12,13,14). The average Bonchev–Trinajstić information content (AvgIpc) is 2.67. The van der Waals surface area contributed by atoms with Crippen molar-refractivity contribution in [3.05, 3.63) is 24.0 Å². The summed E-state index contributed by atoms with van der Waals surface area (Å²) < 4.78 is 0. The van der Waals surface area contributed by atoms with Crippen molar-refractivity contribution in [3.63, 3.8) is 0 Å². The number of H-pyrrole nitrogens is 1. The quantitative estimate of drug-likeness (QED) is 0.696. The monoisotopic (exact) mass is 190 g/mol. The molecule has 0 unspecified atom stereocenters. The SMILES string of the molecule is Cc1ncncc1-c1n[nH]c(CN)n1. The Morgan fingerprint density at radius 3 is 3.00 bits per heavy atom. The van der Waals surface area contributed by atoms with Gasteiger partial charge in [0.2, 0.25) is 0 Å². The Balaban J connectivity index is 2.44. The highest BCUT2D eigenvalue weighted by Gasteiger charge is 2.08. The molecule has 3 N–H and O–H groups in total. The van der Waals surface area contributed by atoms with Crippen molar-refractivity contribution in [1.82, 2.24) is 25.1 Å². The molecular weight excluding hydrogens is 180 g/mol. The second kappa shape index (κ2) is 3.51. The number of nitrogens with zero attached hydrogens (tertiary/aromatic N) is 4. The Morgan fingerprint density at radius 1 is 1.50 bits per heavy atom. The van der Waals surface area contributed by atoms with Crippen LogP contribution in [0, 0.1) is 6.92 Å². The van der Waals surface area contributed by atoms with Crippen molar-refractivity contribution in [2.75, 3.05) is 0 Å². The van der Waals surface area contributed by atoms with E-state index in [1.54, 1.807) is 6.20 Å². The van der Waals surface area contributed by atoms with Crippen LogP contribution in [0.15, 0.2) is 12.5 Å². The Hall–Kier alpha value is -1.82. The van der Waals surface area contributed by atoms with Gasteiger partial charge in [-0.2, -0.15) is 5.10 Å². The smallest absolute Gasteiger partial charge is 0.184 e. The van der Waals surface area contributed by atoms with Gasteiger partial charge in [-0.15, -0.1) is 0 Å². The van der Waals surface area contributed by atoms with Gasteiger partial charge < -0.3 is 5.73 Å². The molecule has 14 heavy (non-hydrogen) atoms. The summed E-state index contributed by atoms with van der Waals surface area (Å²) in [6.45, 7) is 2.23. The Labute approximate surface area is 80.6 Å². The van der Waals surface area contributed by atoms with Crippen molar-refractivity contribution in [3.8, 4) is 11.4 Å². The summed E-state index contributed by atoms with van der Waals surface area (Å²) in [4.78, 5) is 12.2. The summed E-state index contributed by atoms with van der Waals surface area (Å²) in [6.07, 6.45) is 3.18. The zero-order valence-electron chi connectivity index (χ0n) is 7.73. The first kappa shape index (κ1) is 8.76. The topological polar surface area (TPSA) is 93.4 Å². The van der Waals surface area contributed by atoms with E-state index in [0.717, 1.165) is 11.3 Å². The minimum Gasteiger partial charge on any atom is -0.324 e. The maximum absolute atomic E-state index is 5.41. The molecule has 0 saturated heterocycles. The molecule has 0 aromatic carbocycles. The lowest BCUT2D eigenvalue weighted by Crippen LogP contribution is -1.98. The second-order valence-electron chi connectivity index (χ2n) is 2.83. The Bertz CT molecular complexity index is 435. The predicted molar refractivity (Wildman–Crippen MR) is 50.0 cm³/mol. The lowest BCUT2D eigenvalue weighted by Gasteiger charge is -1.96. The molecule has 2 heterocycles. The number of rotatable bonds is 2. The number of nitrogens with two attached hydrogens (primary N) is 1. The van der Waals surface area contributed by atoms with E-state index >= 15 is 0 Å². The minimum absolute atomic E-state index is 0.347. The van der Waals surface area contributed by atoms with Crippen molar-refractivity contribution in [2.24, 2.45) is 5.73 Å². The Kier molecular flexibility index (Phi) is 2.19. The largest absolute Gasteiger partial charge is 0.324 e. The number of aromatic nitrogens is 5. The molecule has 0 aliphatic rings. The van der Waals surface area contributed by atoms with Crippen molar-refractivity contribution in [2.45, 2.75) is 13.5 Å². The summed E-state index contributed by atoms with van der Waals surface area (Å²) >= 11 is 0. The van der Waals surface area contributed by atoms with Gasteiger partial charge in [0.25, 0.3) is 0 Å². The highest BCUT2D eigenvalue weighted by molar-refractivity contribution is 5.55. The molecule has 0 aliphatic carbocycles. The van der Waals surface area contributed by atoms with Crippen LogP contribution < -0.4 is 5.73 Å². The van der Waals surface area contributed by atoms with Crippen LogP contribution in [0.3, 0.4) is 0 Å². The van der Waals surface area contributed by atoms with Gasteiger partial charge in [-0.25, -0.2) is 15.0 Å². The third-order valence-corrected chi connectivity index (χ3v) is 1.88. The van der Waals surface area contributed by atoms with Crippen LogP contribution in [0.4, 0.5) is 0 Å². The van der Waals surface area contributed by atoms with Gasteiger partial charge in [-0.3, -0.25) is 5.10 Å². The van der Waals surface area contributed by atoms with Gasteiger partial charge >= 0.3 is 0 Å². The second-order valence-corrected chi connectivity index (χ2v) is 2.83. The molecule has 72 valence electrons. The van der Waals surface area contributed by atoms with E-state index in [1.807, 2.05) is 6.92 Å². The van der Waals surface area contributed by atoms with Crippen LogP contribution in [0.5, 0.6) is 0 Å². The molecule has 6 nitrogen and oxygen atoms in total. The summed E-state index contributed by atoms with van der Waals surface area (Å²) in [5, 5.41) is 6.76. The van der Waals surface area contributed by atoms with Crippen LogP contribution in [0.25, 0.3) is 11.4 Å². The number of hydrogen-bond acceptors (Lipinski definition) is 5. The first-order valence-corrected chi connectivity index (χ1v) is 4.19. The van der Waals surface area contributed by atoms with Crippen LogP contribution in [0.2, 0.25) is 0 Å². The lowest BCUT2D eigenvalue weighted by molar-refractivity contribution is 0.917. The number of aromatic amines is 1. The lowest BCUT2D eigenvalue weighted by atomic mass is 10.2. The first-order chi connectivity index (χ1) is 6.81. The summed E-state index contributed by atoms with van der Waals surface area (Å²) in [7, 11) is 0. The molecule has 0 saturated carbocycles. The Morgan fingerprint density at radius 2 is 2.36 bits per heavy atom. The summed E-state index contributed by atoms with van der Waals surface area (Å²) in [6, 6.07) is 0. The van der Waals surface area contributed by atoms with Crippen LogP contribution in [-0.2, 0) is 6.54 Å². The van der Waals surface area contributed by atoms with E-state index in [2.05, 4.69) is 25.1 Å². The van der Waals surface area contributed by atoms with E-state index in [4.69, 9.17) is 5.73 Å². The van der Waals surface area contributed by atoms with Crippen LogP contribution >= 0.6 is 0 Å². The molecule has 0 radical (unpaired) electrons. The van der Waals surface area contributed by atoms with Crippen molar-refractivity contribution in [1.29, 1.82) is 0 Å². The van der Waals surface area contributed by atoms with Gasteiger partial charge in [-0.05, 0) is 6.92 Å². The third kappa shape index (κ3) is 1.47. The van der Waals surface area contributed by atoms with E-state index in [-0.39, 0.29) is 0 Å². The molecule has 0 spiro atoms. The molecule has 0 fully saturated rings. The molecule has 6 heteroatoms. The average molecular weight is 190 g/mol. The van der Waals surface area contributed by atoms with Gasteiger partial charge in [0.05, 0.1) is 17.8 Å². The molecule has 0 aliphatic heterocycles. The molecule has 0 bridgehead atoms. The van der Waals surface area contributed by atoms with Gasteiger partial charge in [-0.1, -0.05) is 0 Å². The van der Waals surface area contributed by atoms with E-state index in [9.17, 15) is 0 Å². The maximum atomic E-state index is 5.41. The number of aryl methyl sites for hydroxylation is 1. The van der Waals surface area contributed by atoms with Crippen LogP contribution in [-0.4, -0.2) is 25.1 Å². The molecule has 2 aromatic rings. The number of nitrogens with one attached hydrogen (secondary N) is 1. The number of hydrogen-bond donors (Lipinski definition) is 2. The van der Waals surface area contributed by atoms with E-state index in [1.165, 1.54) is 6.33 Å². The van der Waals surface area contributed by atoms with Crippen LogP contribution in [0.1, 0.15) is 11.5 Å². The fraction of sp³-hybridized carbons (Fsp3) is 0.250. The normalized spacial score (nSPS) is 10.4. The minimum atomic E-state index is 0.347. The molecule has 0 atom stereocenters. The molecular formula is C8H10N6. The van der Waals surface area contributed by atoms with Crippen molar-refractivity contribution < 1.29 is 0 Å². The van der Waals surface area contributed by atoms with Gasteiger partial charge in [0.15, 0.2) is 5.82 Å². The molecule has 0 amide bonds. The van der Waals surface area contributed by atoms with Crippen molar-refractivity contribution >= 4 is 0 Å².